The van der Waals surface area contributed by atoms with E-state index in [1.807, 2.05) is 0 Å². The van der Waals surface area contributed by atoms with Crippen LogP contribution in [-0.4, -0.2) is 23.7 Å². The molecule has 3 heteroatoms. The molecule has 2 unspecified atom stereocenters. The molecular formula is C11H21NO2. The maximum absolute atomic E-state index is 10.6. The third-order valence-electron chi connectivity index (χ3n) is 2.82. The van der Waals surface area contributed by atoms with Crippen molar-refractivity contribution in [3.05, 3.63) is 0 Å². The van der Waals surface area contributed by atoms with Gasteiger partial charge in [-0.3, -0.25) is 4.79 Å². The van der Waals surface area contributed by atoms with Crippen LogP contribution in [0.4, 0.5) is 0 Å². The van der Waals surface area contributed by atoms with E-state index in [2.05, 4.69) is 19.2 Å². The van der Waals surface area contributed by atoms with E-state index in [-0.39, 0.29) is 0 Å². The second-order valence-corrected chi connectivity index (χ2v) is 4.77. The first kappa shape index (κ1) is 11.5. The molecule has 3 nitrogen and oxygen atoms in total. The molecule has 2 N–H and O–H groups in total. The number of hydrogen-bond acceptors (Lipinski definition) is 2. The monoisotopic (exact) mass is 199 g/mol. The van der Waals surface area contributed by atoms with Gasteiger partial charge in [-0.2, -0.15) is 0 Å². The lowest BCUT2D eigenvalue weighted by atomic mass is 9.86. The highest BCUT2D eigenvalue weighted by Crippen LogP contribution is 2.23. The minimum Gasteiger partial charge on any atom is -0.481 e. The predicted octanol–water partition coefficient (Wildman–Crippen LogP) is 1.88. The first-order chi connectivity index (χ1) is 6.58. The van der Waals surface area contributed by atoms with Crippen LogP contribution in [0.3, 0.4) is 0 Å². The molecule has 14 heavy (non-hydrogen) atoms. The second kappa shape index (κ2) is 5.35. The quantitative estimate of drug-likeness (QED) is 0.726. The number of carbonyl (C=O) groups is 1. The Morgan fingerprint density at radius 1 is 1.57 bits per heavy atom. The number of rotatable bonds is 4. The molecule has 1 aliphatic heterocycles. The summed E-state index contributed by atoms with van der Waals surface area (Å²) in [4.78, 5) is 10.6. The van der Waals surface area contributed by atoms with Gasteiger partial charge in [-0.15, -0.1) is 0 Å². The van der Waals surface area contributed by atoms with Crippen LogP contribution < -0.4 is 5.32 Å². The van der Waals surface area contributed by atoms with Crippen molar-refractivity contribution in [3.8, 4) is 0 Å². The fourth-order valence-corrected chi connectivity index (χ4v) is 2.28. The van der Waals surface area contributed by atoms with Gasteiger partial charge in [0.25, 0.3) is 0 Å². The van der Waals surface area contributed by atoms with E-state index in [0.29, 0.717) is 24.3 Å². The Bertz CT molecular complexity index is 192. The van der Waals surface area contributed by atoms with Crippen LogP contribution in [-0.2, 0) is 4.79 Å². The topological polar surface area (TPSA) is 49.3 Å². The summed E-state index contributed by atoms with van der Waals surface area (Å²) in [6.45, 7) is 5.40. The molecule has 0 bridgehead atoms. The first-order valence-electron chi connectivity index (χ1n) is 5.53. The van der Waals surface area contributed by atoms with Gasteiger partial charge in [0.15, 0.2) is 0 Å². The zero-order chi connectivity index (χ0) is 10.6. The van der Waals surface area contributed by atoms with Gasteiger partial charge < -0.3 is 10.4 Å². The number of aliphatic carboxylic acids is 1. The van der Waals surface area contributed by atoms with Crippen LogP contribution in [0.2, 0.25) is 0 Å². The molecule has 1 saturated heterocycles. The predicted molar refractivity (Wildman–Crippen MR) is 56.2 cm³/mol. The SMILES string of the molecule is CC(C)CC1CC(CC(=O)O)CCN1. The molecule has 0 aromatic carbocycles. The summed E-state index contributed by atoms with van der Waals surface area (Å²) in [7, 11) is 0. The van der Waals surface area contributed by atoms with Crippen LogP contribution in [0.25, 0.3) is 0 Å². The van der Waals surface area contributed by atoms with E-state index < -0.39 is 5.97 Å². The number of piperidine rings is 1. The molecule has 0 radical (unpaired) electrons. The van der Waals surface area contributed by atoms with Crippen molar-refractivity contribution in [1.29, 1.82) is 0 Å². The van der Waals surface area contributed by atoms with Crippen LogP contribution in [0.1, 0.15) is 39.5 Å². The van der Waals surface area contributed by atoms with Gasteiger partial charge in [-0.25, -0.2) is 0 Å². The lowest BCUT2D eigenvalue weighted by molar-refractivity contribution is -0.138. The molecule has 0 amide bonds. The van der Waals surface area contributed by atoms with Crippen molar-refractivity contribution >= 4 is 5.97 Å². The van der Waals surface area contributed by atoms with Gasteiger partial charge in [0.05, 0.1) is 0 Å². The Kier molecular flexibility index (Phi) is 4.39. The maximum atomic E-state index is 10.6. The third kappa shape index (κ3) is 4.09. The first-order valence-corrected chi connectivity index (χ1v) is 5.53. The number of carboxylic acids is 1. The normalized spacial score (nSPS) is 27.9. The molecule has 1 fully saturated rings. The van der Waals surface area contributed by atoms with Crippen molar-refractivity contribution in [2.45, 2.75) is 45.6 Å². The summed E-state index contributed by atoms with van der Waals surface area (Å²) in [6.07, 6.45) is 3.55. The second-order valence-electron chi connectivity index (χ2n) is 4.77. The average Bonchev–Trinajstić information content (AvgIpc) is 2.01. The van der Waals surface area contributed by atoms with Crippen LogP contribution in [0.5, 0.6) is 0 Å². The lowest BCUT2D eigenvalue weighted by Crippen LogP contribution is -2.39. The van der Waals surface area contributed by atoms with E-state index in [0.717, 1.165) is 25.8 Å². The van der Waals surface area contributed by atoms with Crippen molar-refractivity contribution in [2.24, 2.45) is 11.8 Å². The minimum atomic E-state index is -0.653. The van der Waals surface area contributed by atoms with Gasteiger partial charge in [-0.1, -0.05) is 13.8 Å². The lowest BCUT2D eigenvalue weighted by Gasteiger charge is -2.30. The Hall–Kier alpha value is -0.570. The van der Waals surface area contributed by atoms with E-state index in [4.69, 9.17) is 5.11 Å². The molecule has 0 saturated carbocycles. The highest BCUT2D eigenvalue weighted by molar-refractivity contribution is 5.67. The maximum Gasteiger partial charge on any atom is 0.303 e. The van der Waals surface area contributed by atoms with Crippen molar-refractivity contribution in [1.82, 2.24) is 5.32 Å². The number of carboxylic acid groups (broad SMARTS) is 1. The summed E-state index contributed by atoms with van der Waals surface area (Å²) < 4.78 is 0. The highest BCUT2D eigenvalue weighted by Gasteiger charge is 2.23. The summed E-state index contributed by atoms with van der Waals surface area (Å²) in [5, 5.41) is 12.2. The Labute approximate surface area is 85.9 Å². The molecule has 1 heterocycles. The zero-order valence-corrected chi connectivity index (χ0v) is 9.12. The molecule has 0 aromatic rings. The summed E-state index contributed by atoms with van der Waals surface area (Å²) in [6, 6.07) is 0.535. The Balaban J connectivity index is 2.32. The minimum absolute atomic E-state index is 0.344. The summed E-state index contributed by atoms with van der Waals surface area (Å²) in [5.74, 6) is 0.425. The number of hydrogen-bond donors (Lipinski definition) is 2. The van der Waals surface area contributed by atoms with Crippen molar-refractivity contribution in [2.75, 3.05) is 6.54 Å². The van der Waals surface area contributed by atoms with Gasteiger partial charge in [0.1, 0.15) is 0 Å². The Morgan fingerprint density at radius 2 is 2.29 bits per heavy atom. The fraction of sp³-hybridized carbons (Fsp3) is 0.909. The molecule has 0 aromatic heterocycles. The standard InChI is InChI=1S/C11H21NO2/c1-8(2)5-10-6-9(3-4-12-10)7-11(13)14/h8-10,12H,3-7H2,1-2H3,(H,13,14). The summed E-state index contributed by atoms with van der Waals surface area (Å²) >= 11 is 0. The molecular weight excluding hydrogens is 178 g/mol. The van der Waals surface area contributed by atoms with Gasteiger partial charge in [0.2, 0.25) is 0 Å². The largest absolute Gasteiger partial charge is 0.481 e. The molecule has 0 spiro atoms. The molecule has 1 rings (SSSR count). The number of nitrogens with one attached hydrogen (secondary N) is 1. The molecule has 0 aliphatic carbocycles. The van der Waals surface area contributed by atoms with E-state index in [1.165, 1.54) is 0 Å². The van der Waals surface area contributed by atoms with Gasteiger partial charge >= 0.3 is 5.97 Å². The van der Waals surface area contributed by atoms with Gasteiger partial charge in [0, 0.05) is 12.5 Å². The third-order valence-corrected chi connectivity index (χ3v) is 2.82. The summed E-state index contributed by atoms with van der Waals surface area (Å²) in [5.41, 5.74) is 0. The van der Waals surface area contributed by atoms with Crippen molar-refractivity contribution in [3.63, 3.8) is 0 Å². The zero-order valence-electron chi connectivity index (χ0n) is 9.12. The smallest absolute Gasteiger partial charge is 0.303 e. The van der Waals surface area contributed by atoms with Crippen molar-refractivity contribution < 1.29 is 9.90 Å². The molecule has 2 atom stereocenters. The fourth-order valence-electron chi connectivity index (χ4n) is 2.28. The average molecular weight is 199 g/mol. The van der Waals surface area contributed by atoms with Gasteiger partial charge in [-0.05, 0) is 37.6 Å². The van der Waals surface area contributed by atoms with E-state index in [9.17, 15) is 4.79 Å². The van der Waals surface area contributed by atoms with Crippen LogP contribution in [0, 0.1) is 11.8 Å². The van der Waals surface area contributed by atoms with E-state index in [1.54, 1.807) is 0 Å². The van der Waals surface area contributed by atoms with Crippen LogP contribution in [0.15, 0.2) is 0 Å². The highest BCUT2D eigenvalue weighted by atomic mass is 16.4. The van der Waals surface area contributed by atoms with E-state index >= 15 is 0 Å². The Morgan fingerprint density at radius 3 is 2.86 bits per heavy atom. The molecule has 82 valence electrons. The van der Waals surface area contributed by atoms with Crippen LogP contribution >= 0.6 is 0 Å². The molecule has 1 aliphatic rings.